The van der Waals surface area contributed by atoms with Gasteiger partial charge in [0.15, 0.2) is 5.82 Å². The second kappa shape index (κ2) is 35.2. The van der Waals surface area contributed by atoms with Crippen molar-refractivity contribution in [2.45, 2.75) is 13.8 Å². The second-order valence-corrected chi connectivity index (χ2v) is 32.6. The van der Waals surface area contributed by atoms with Crippen LogP contribution in [0.4, 0.5) is 0 Å². The van der Waals surface area contributed by atoms with Crippen molar-refractivity contribution < 1.29 is 0 Å². The van der Waals surface area contributed by atoms with E-state index in [-0.39, 0.29) is 0 Å². The van der Waals surface area contributed by atoms with Crippen molar-refractivity contribution in [2.24, 2.45) is 0 Å². The summed E-state index contributed by atoms with van der Waals surface area (Å²) in [6.45, 7) is 4.37. The van der Waals surface area contributed by atoms with Gasteiger partial charge in [-0.1, -0.05) is 346 Å². The summed E-state index contributed by atoms with van der Waals surface area (Å²) in [5, 5.41) is 0. The van der Waals surface area contributed by atoms with Gasteiger partial charge in [-0.05, 0) is 272 Å². The first-order valence-electron chi connectivity index (χ1n) is 43.5. The number of hydrogen-bond donors (Lipinski definition) is 0. The lowest BCUT2D eigenvalue weighted by atomic mass is 9.82. The first kappa shape index (κ1) is 78.5. The standard InChI is InChI=1S/C122H84N6/c1-81-69-119(127-79-115(81)97-31-21-29-95(71-97)83-25-5-3-6-26-83)91-57-49-87(50-58-91)107-35-11-15-39-111(107)101-74-102(112-40-16-12-36-108(112)88-51-59-92(60-52-88)120-70-82(2)116(80-128-120)98-32-22-30-96(72-98)84-27-7-4-8-28-84)78-104(77-101)114-42-23-41-113(121(114)93-61-63-94(64-62-93)122-125-67-24-68-126-122)103-75-99(109-37-13-9-33-105(109)85-45-53-89(54-46-85)117-43-17-19-65-123-117)73-100(76-103)110-38-14-10-34-106(110)86-47-55-90(56-48-86)118-44-18-20-66-124-118/h3-80H,1-2H3. The molecule has 21 rings (SSSR count). The van der Waals surface area contributed by atoms with Crippen molar-refractivity contribution in [3.8, 4) is 223 Å². The molecule has 128 heavy (non-hydrogen) atoms. The van der Waals surface area contributed by atoms with Crippen LogP contribution < -0.4 is 0 Å². The Labute approximate surface area is 747 Å². The van der Waals surface area contributed by atoms with Crippen LogP contribution in [0.15, 0.2) is 474 Å². The van der Waals surface area contributed by atoms with Crippen LogP contribution in [0, 0.1) is 13.8 Å². The minimum absolute atomic E-state index is 0.656. The average Bonchev–Trinajstić information content (AvgIpc) is 0.750. The Morgan fingerprint density at radius 1 is 0.133 bits per heavy atom. The fourth-order valence-electron chi connectivity index (χ4n) is 18.1. The van der Waals surface area contributed by atoms with E-state index in [2.05, 4.69) is 420 Å². The summed E-state index contributed by atoms with van der Waals surface area (Å²) in [5.41, 5.74) is 44.2. The zero-order valence-corrected chi connectivity index (χ0v) is 70.7. The topological polar surface area (TPSA) is 77.3 Å². The third-order valence-corrected chi connectivity index (χ3v) is 24.6. The zero-order valence-electron chi connectivity index (χ0n) is 70.7. The molecule has 0 aliphatic rings. The highest BCUT2D eigenvalue weighted by Crippen LogP contribution is 2.49. The number of aromatic nitrogens is 6. The van der Waals surface area contributed by atoms with E-state index < -0.39 is 0 Å². The van der Waals surface area contributed by atoms with Crippen molar-refractivity contribution in [1.29, 1.82) is 0 Å². The van der Waals surface area contributed by atoms with E-state index in [4.69, 9.17) is 29.9 Å². The molecule has 6 nitrogen and oxygen atoms in total. The van der Waals surface area contributed by atoms with Gasteiger partial charge in [0.1, 0.15) is 0 Å². The minimum Gasteiger partial charge on any atom is -0.256 e. The van der Waals surface area contributed by atoms with Gasteiger partial charge in [-0.2, -0.15) is 0 Å². The Hall–Kier alpha value is -16.8. The highest BCUT2D eigenvalue weighted by Gasteiger charge is 2.24. The summed E-state index contributed by atoms with van der Waals surface area (Å²) < 4.78 is 0. The molecule has 21 aromatic rings. The lowest BCUT2D eigenvalue weighted by Crippen LogP contribution is -1.95. The van der Waals surface area contributed by atoms with Crippen LogP contribution in [0.25, 0.3) is 223 Å². The van der Waals surface area contributed by atoms with Crippen LogP contribution in [0.3, 0.4) is 0 Å². The molecular formula is C122H84N6. The molecule has 602 valence electrons. The zero-order chi connectivity index (χ0) is 85.6. The van der Waals surface area contributed by atoms with Gasteiger partial charge in [-0.25, -0.2) is 9.97 Å². The maximum atomic E-state index is 5.15. The van der Waals surface area contributed by atoms with E-state index in [1.165, 1.54) is 22.3 Å². The highest BCUT2D eigenvalue weighted by molar-refractivity contribution is 6.02. The van der Waals surface area contributed by atoms with Crippen LogP contribution in [0.1, 0.15) is 11.1 Å². The lowest BCUT2D eigenvalue weighted by molar-refractivity contribution is 1.18. The molecule has 0 amide bonds. The molecule has 0 saturated carbocycles. The molecule has 0 aliphatic heterocycles. The normalized spacial score (nSPS) is 11.2. The maximum absolute atomic E-state index is 5.15. The molecule has 0 atom stereocenters. The van der Waals surface area contributed by atoms with Crippen LogP contribution >= 0.6 is 0 Å². The van der Waals surface area contributed by atoms with Gasteiger partial charge in [-0.15, -0.1) is 0 Å². The third-order valence-electron chi connectivity index (χ3n) is 24.6. The van der Waals surface area contributed by atoms with Gasteiger partial charge in [0.05, 0.1) is 22.8 Å². The lowest BCUT2D eigenvalue weighted by Gasteiger charge is -2.21. The van der Waals surface area contributed by atoms with Crippen molar-refractivity contribution >= 4 is 0 Å². The molecule has 0 aliphatic carbocycles. The Bertz CT molecular complexity index is 7230. The first-order valence-corrected chi connectivity index (χ1v) is 43.5. The summed E-state index contributed by atoms with van der Waals surface area (Å²) >= 11 is 0. The van der Waals surface area contributed by atoms with Crippen LogP contribution in [0.2, 0.25) is 0 Å². The summed E-state index contributed by atoms with van der Waals surface area (Å²) in [5.74, 6) is 0.656. The number of hydrogen-bond acceptors (Lipinski definition) is 6. The molecule has 0 fully saturated rings. The second-order valence-electron chi connectivity index (χ2n) is 32.6. The van der Waals surface area contributed by atoms with Crippen LogP contribution in [-0.2, 0) is 0 Å². The van der Waals surface area contributed by atoms with E-state index >= 15 is 0 Å². The third kappa shape index (κ3) is 16.2. The Morgan fingerprint density at radius 2 is 0.383 bits per heavy atom. The number of rotatable bonds is 20. The van der Waals surface area contributed by atoms with Crippen molar-refractivity contribution in [3.05, 3.63) is 485 Å². The highest BCUT2D eigenvalue weighted by atomic mass is 14.8. The fraction of sp³-hybridized carbons (Fsp3) is 0.0164. The molecule has 0 bridgehead atoms. The Morgan fingerprint density at radius 3 is 0.719 bits per heavy atom. The molecular weight excluding hydrogens is 1550 g/mol. The number of benzene rings is 16. The van der Waals surface area contributed by atoms with Crippen molar-refractivity contribution in [1.82, 2.24) is 29.9 Å². The van der Waals surface area contributed by atoms with E-state index in [1.807, 2.05) is 55.1 Å². The summed E-state index contributed by atoms with van der Waals surface area (Å²) in [6, 6.07) is 158. The van der Waals surface area contributed by atoms with E-state index in [1.54, 1.807) is 12.4 Å². The number of pyridine rings is 4. The monoisotopic (exact) mass is 1630 g/mol. The number of aryl methyl sites for hydroxylation is 2. The molecule has 0 N–H and O–H groups in total. The smallest absolute Gasteiger partial charge is 0.159 e. The molecule has 0 radical (unpaired) electrons. The van der Waals surface area contributed by atoms with Gasteiger partial charge in [0.25, 0.3) is 0 Å². The largest absolute Gasteiger partial charge is 0.256 e. The van der Waals surface area contributed by atoms with Gasteiger partial charge >= 0.3 is 0 Å². The molecule has 6 heteroatoms. The molecule has 5 aromatic heterocycles. The van der Waals surface area contributed by atoms with Gasteiger partial charge in [-0.3, -0.25) is 19.9 Å². The Kier molecular flexibility index (Phi) is 21.6. The first-order chi connectivity index (χ1) is 63.2. The predicted molar refractivity (Wildman–Crippen MR) is 531 cm³/mol. The van der Waals surface area contributed by atoms with Gasteiger partial charge in [0, 0.05) is 76.1 Å². The quantitative estimate of drug-likeness (QED) is 0.0757. The Balaban J connectivity index is 0.729. The molecule has 0 unspecified atom stereocenters. The molecule has 5 heterocycles. The number of nitrogens with zero attached hydrogens (tertiary/aromatic N) is 6. The van der Waals surface area contributed by atoms with E-state index in [9.17, 15) is 0 Å². The van der Waals surface area contributed by atoms with E-state index in [0.717, 1.165) is 206 Å². The van der Waals surface area contributed by atoms with Crippen molar-refractivity contribution in [2.75, 3.05) is 0 Å². The van der Waals surface area contributed by atoms with Gasteiger partial charge in [0.2, 0.25) is 0 Å². The average molecular weight is 1630 g/mol. The summed E-state index contributed by atoms with van der Waals surface area (Å²) in [4.78, 5) is 29.3. The van der Waals surface area contributed by atoms with Crippen molar-refractivity contribution in [3.63, 3.8) is 0 Å². The molecule has 0 spiro atoms. The maximum Gasteiger partial charge on any atom is 0.159 e. The summed E-state index contributed by atoms with van der Waals surface area (Å²) in [7, 11) is 0. The molecule has 0 saturated heterocycles. The minimum atomic E-state index is 0.656. The van der Waals surface area contributed by atoms with Crippen LogP contribution in [-0.4, -0.2) is 29.9 Å². The SMILES string of the molecule is Cc1cc(-c2ccc(-c3ccccc3-c3cc(-c4ccccc4-c4ccc(-c5cc(C)c(-c6cccc(-c7ccccc7)c6)cn5)cc4)cc(-c4cccc(-c5cc(-c6ccccc6-c6ccc(-c7ccccn7)cc6)cc(-c6ccccc6-c6ccc(-c7ccccn7)cc6)c5)c4-c4ccc(-c5ncccn5)cc4)c3)cc2)ncc1-c1cccc(-c2ccccc2)c1. The van der Waals surface area contributed by atoms with Gasteiger partial charge < -0.3 is 0 Å². The fourth-order valence-corrected chi connectivity index (χ4v) is 18.1. The predicted octanol–water partition coefficient (Wildman–Crippen LogP) is 32.0. The summed E-state index contributed by atoms with van der Waals surface area (Å²) in [6.07, 6.45) is 11.4. The molecule has 16 aromatic carbocycles. The van der Waals surface area contributed by atoms with E-state index in [0.29, 0.717) is 5.82 Å². The van der Waals surface area contributed by atoms with Crippen LogP contribution in [0.5, 0.6) is 0 Å².